The summed E-state index contributed by atoms with van der Waals surface area (Å²) in [6.07, 6.45) is 0.731. The minimum Gasteiger partial charge on any atom is -0.466 e. The van der Waals surface area contributed by atoms with Gasteiger partial charge in [-0.05, 0) is 44.9 Å². The van der Waals surface area contributed by atoms with E-state index in [1.165, 1.54) is 0 Å². The molecule has 0 fully saturated rings. The molecule has 0 spiro atoms. The van der Waals surface area contributed by atoms with Crippen molar-refractivity contribution < 1.29 is 19.1 Å². The maximum atomic E-state index is 13.0. The van der Waals surface area contributed by atoms with Crippen LogP contribution in [-0.2, 0) is 9.53 Å². The SMILES string of the molecule is CCOC(=O)CCCNC(=O)c1ccccc1C(=O)c1cc(C)ccc1C. The van der Waals surface area contributed by atoms with Crippen molar-refractivity contribution in [2.75, 3.05) is 13.2 Å². The van der Waals surface area contributed by atoms with Gasteiger partial charge in [0.25, 0.3) is 5.91 Å². The molecule has 0 aromatic heterocycles. The molecule has 2 aromatic rings. The summed E-state index contributed by atoms with van der Waals surface area (Å²) < 4.78 is 4.86. The Hall–Kier alpha value is -2.95. The van der Waals surface area contributed by atoms with Crippen LogP contribution in [0.4, 0.5) is 0 Å². The highest BCUT2D eigenvalue weighted by molar-refractivity contribution is 6.15. The molecular formula is C22H25NO4. The first-order valence-corrected chi connectivity index (χ1v) is 9.08. The number of benzene rings is 2. The Kier molecular flexibility index (Phi) is 7.29. The van der Waals surface area contributed by atoms with Crippen LogP contribution in [0.2, 0.25) is 0 Å². The van der Waals surface area contributed by atoms with Crippen LogP contribution < -0.4 is 5.32 Å². The fourth-order valence-corrected chi connectivity index (χ4v) is 2.77. The summed E-state index contributed by atoms with van der Waals surface area (Å²) in [5.41, 5.74) is 3.16. The zero-order chi connectivity index (χ0) is 19.8. The fraction of sp³-hybridized carbons (Fsp3) is 0.318. The molecule has 1 N–H and O–H groups in total. The Morgan fingerprint density at radius 1 is 0.963 bits per heavy atom. The van der Waals surface area contributed by atoms with Crippen molar-refractivity contribution in [3.8, 4) is 0 Å². The van der Waals surface area contributed by atoms with Gasteiger partial charge in [-0.3, -0.25) is 14.4 Å². The van der Waals surface area contributed by atoms with Gasteiger partial charge in [0, 0.05) is 24.1 Å². The standard InChI is InChI=1S/C22H25NO4/c1-4-27-20(24)10-7-13-23-22(26)18-9-6-5-8-17(18)21(25)19-14-15(2)11-12-16(19)3/h5-6,8-9,11-12,14H,4,7,10,13H2,1-3H3,(H,23,26). The molecule has 0 saturated carbocycles. The summed E-state index contributed by atoms with van der Waals surface area (Å²) in [6, 6.07) is 12.5. The number of amides is 1. The van der Waals surface area contributed by atoms with E-state index in [0.29, 0.717) is 36.3 Å². The minimum atomic E-state index is -0.326. The molecule has 5 heteroatoms. The molecule has 0 bridgehead atoms. The van der Waals surface area contributed by atoms with E-state index in [9.17, 15) is 14.4 Å². The largest absolute Gasteiger partial charge is 0.466 e. The third-order valence-electron chi connectivity index (χ3n) is 4.20. The lowest BCUT2D eigenvalue weighted by Gasteiger charge is -2.11. The van der Waals surface area contributed by atoms with E-state index >= 15 is 0 Å². The molecule has 0 atom stereocenters. The first-order chi connectivity index (χ1) is 12.9. The highest BCUT2D eigenvalue weighted by atomic mass is 16.5. The van der Waals surface area contributed by atoms with Crippen LogP contribution in [0.15, 0.2) is 42.5 Å². The molecule has 1 amide bonds. The number of hydrogen-bond acceptors (Lipinski definition) is 4. The second-order valence-electron chi connectivity index (χ2n) is 6.36. The molecular weight excluding hydrogens is 342 g/mol. The monoisotopic (exact) mass is 367 g/mol. The van der Waals surface area contributed by atoms with Gasteiger partial charge in [0.15, 0.2) is 5.78 Å². The van der Waals surface area contributed by atoms with Crippen LogP contribution in [-0.4, -0.2) is 30.8 Å². The number of ketones is 1. The third-order valence-corrected chi connectivity index (χ3v) is 4.20. The van der Waals surface area contributed by atoms with Gasteiger partial charge < -0.3 is 10.1 Å². The van der Waals surface area contributed by atoms with E-state index in [4.69, 9.17) is 4.74 Å². The van der Waals surface area contributed by atoms with Gasteiger partial charge in [-0.1, -0.05) is 35.9 Å². The Morgan fingerprint density at radius 3 is 2.37 bits per heavy atom. The Balaban J connectivity index is 2.10. The number of carbonyl (C=O) groups is 3. The molecule has 0 unspecified atom stereocenters. The van der Waals surface area contributed by atoms with E-state index in [1.807, 2.05) is 32.0 Å². The van der Waals surface area contributed by atoms with E-state index in [0.717, 1.165) is 11.1 Å². The molecule has 0 saturated heterocycles. The predicted octanol–water partition coefficient (Wildman–Crippen LogP) is 3.61. The van der Waals surface area contributed by atoms with E-state index < -0.39 is 0 Å². The van der Waals surface area contributed by atoms with E-state index in [-0.39, 0.29) is 24.1 Å². The second-order valence-corrected chi connectivity index (χ2v) is 6.36. The highest BCUT2D eigenvalue weighted by Crippen LogP contribution is 2.19. The normalized spacial score (nSPS) is 10.3. The average Bonchev–Trinajstić information content (AvgIpc) is 2.66. The van der Waals surface area contributed by atoms with Crippen LogP contribution >= 0.6 is 0 Å². The van der Waals surface area contributed by atoms with Crippen molar-refractivity contribution in [1.29, 1.82) is 0 Å². The molecule has 0 aliphatic heterocycles. The van der Waals surface area contributed by atoms with E-state index in [2.05, 4.69) is 5.32 Å². The number of esters is 1. The third kappa shape index (κ3) is 5.51. The first-order valence-electron chi connectivity index (χ1n) is 9.08. The molecule has 0 aliphatic carbocycles. The van der Waals surface area contributed by atoms with Crippen LogP contribution in [0.3, 0.4) is 0 Å². The van der Waals surface area contributed by atoms with Gasteiger partial charge in [-0.2, -0.15) is 0 Å². The number of hydrogen-bond donors (Lipinski definition) is 1. The van der Waals surface area contributed by atoms with Gasteiger partial charge in [0.2, 0.25) is 0 Å². The van der Waals surface area contributed by atoms with E-state index in [1.54, 1.807) is 31.2 Å². The van der Waals surface area contributed by atoms with Crippen LogP contribution in [0.1, 0.15) is 57.2 Å². The van der Waals surface area contributed by atoms with Gasteiger partial charge in [-0.25, -0.2) is 0 Å². The maximum Gasteiger partial charge on any atom is 0.305 e. The molecule has 0 aliphatic rings. The van der Waals surface area contributed by atoms with Crippen LogP contribution in [0.5, 0.6) is 0 Å². The van der Waals surface area contributed by atoms with Crippen molar-refractivity contribution >= 4 is 17.7 Å². The number of ether oxygens (including phenoxy) is 1. The van der Waals surface area contributed by atoms with Gasteiger partial charge in [0.1, 0.15) is 0 Å². The lowest BCUT2D eigenvalue weighted by atomic mass is 9.94. The summed E-state index contributed by atoms with van der Waals surface area (Å²) >= 11 is 0. The summed E-state index contributed by atoms with van der Waals surface area (Å²) in [6.45, 7) is 6.25. The van der Waals surface area contributed by atoms with Crippen LogP contribution in [0.25, 0.3) is 0 Å². The Bertz CT molecular complexity index is 842. The number of rotatable bonds is 8. The molecule has 27 heavy (non-hydrogen) atoms. The van der Waals surface area contributed by atoms with Crippen molar-refractivity contribution in [1.82, 2.24) is 5.32 Å². The molecule has 142 valence electrons. The molecule has 2 rings (SSSR count). The van der Waals surface area contributed by atoms with Crippen LogP contribution in [0, 0.1) is 13.8 Å². The average molecular weight is 367 g/mol. The summed E-state index contributed by atoms with van der Waals surface area (Å²) in [7, 11) is 0. The van der Waals surface area contributed by atoms with Crippen molar-refractivity contribution in [3.05, 3.63) is 70.3 Å². The number of nitrogens with one attached hydrogen (secondary N) is 1. The maximum absolute atomic E-state index is 13.0. The first kappa shape index (κ1) is 20.4. The zero-order valence-corrected chi connectivity index (χ0v) is 16.0. The zero-order valence-electron chi connectivity index (χ0n) is 16.0. The summed E-state index contributed by atoms with van der Waals surface area (Å²) in [4.78, 5) is 36.9. The Morgan fingerprint density at radius 2 is 1.67 bits per heavy atom. The quantitative estimate of drug-likeness (QED) is 0.439. The molecule has 0 heterocycles. The van der Waals surface area contributed by atoms with Crippen molar-refractivity contribution in [2.24, 2.45) is 0 Å². The lowest BCUT2D eigenvalue weighted by molar-refractivity contribution is -0.143. The lowest BCUT2D eigenvalue weighted by Crippen LogP contribution is -2.27. The number of carbonyl (C=O) groups excluding carboxylic acids is 3. The molecule has 5 nitrogen and oxygen atoms in total. The second kappa shape index (κ2) is 9.67. The summed E-state index contributed by atoms with van der Waals surface area (Å²) in [5.74, 6) is -0.779. The summed E-state index contributed by atoms with van der Waals surface area (Å²) in [5, 5.41) is 2.77. The topological polar surface area (TPSA) is 72.5 Å². The van der Waals surface area contributed by atoms with Gasteiger partial charge in [0.05, 0.1) is 12.2 Å². The minimum absolute atomic E-state index is 0.173. The fourth-order valence-electron chi connectivity index (χ4n) is 2.77. The van der Waals surface area contributed by atoms with Crippen molar-refractivity contribution in [3.63, 3.8) is 0 Å². The number of aryl methyl sites for hydroxylation is 2. The highest BCUT2D eigenvalue weighted by Gasteiger charge is 2.19. The van der Waals surface area contributed by atoms with Gasteiger partial charge >= 0.3 is 5.97 Å². The molecule has 2 aromatic carbocycles. The smallest absolute Gasteiger partial charge is 0.305 e. The Labute approximate surface area is 159 Å². The van der Waals surface area contributed by atoms with Gasteiger partial charge in [-0.15, -0.1) is 0 Å². The van der Waals surface area contributed by atoms with Crippen molar-refractivity contribution in [2.45, 2.75) is 33.6 Å². The molecule has 0 radical (unpaired) electrons. The predicted molar refractivity (Wildman–Crippen MR) is 104 cm³/mol.